The summed E-state index contributed by atoms with van der Waals surface area (Å²) in [4.78, 5) is 11.9. The van der Waals surface area contributed by atoms with Crippen LogP contribution < -0.4 is 4.90 Å². The molecule has 0 bridgehead atoms. The average molecular weight is 298 g/mol. The van der Waals surface area contributed by atoms with Crippen LogP contribution in [0.25, 0.3) is 10.2 Å². The van der Waals surface area contributed by atoms with Crippen molar-refractivity contribution in [2.45, 2.75) is 31.7 Å². The molecular weight excluding hydrogens is 282 g/mol. The average Bonchev–Trinajstić information content (AvgIpc) is 2.78. The third-order valence-electron chi connectivity index (χ3n) is 3.62. The largest absolute Gasteiger partial charge is 0.396 e. The number of hydrogen-bond acceptors (Lipinski definition) is 5. The minimum Gasteiger partial charge on any atom is -0.396 e. The van der Waals surface area contributed by atoms with Gasteiger partial charge in [-0.2, -0.15) is 4.98 Å². The van der Waals surface area contributed by atoms with Crippen molar-refractivity contribution in [2.75, 3.05) is 18.1 Å². The number of fused-ring (bicyclic) bond motifs is 1. The standard InChI is InChI=1S/C13H16ClN3OS/c14-13-15-11(10-5-8-19-12(10)16-13)17(6-2-7-18)9-3-1-4-9/h5,8-9,18H,1-4,6-7H2. The number of hydrogen-bond donors (Lipinski definition) is 1. The van der Waals surface area contributed by atoms with Crippen LogP contribution in [0.1, 0.15) is 25.7 Å². The highest BCUT2D eigenvalue weighted by molar-refractivity contribution is 7.16. The monoisotopic (exact) mass is 297 g/mol. The van der Waals surface area contributed by atoms with E-state index in [0.717, 1.165) is 29.0 Å². The van der Waals surface area contributed by atoms with Gasteiger partial charge in [-0.25, -0.2) is 4.98 Å². The summed E-state index contributed by atoms with van der Waals surface area (Å²) in [6, 6.07) is 2.58. The van der Waals surface area contributed by atoms with Gasteiger partial charge in [0.1, 0.15) is 10.6 Å². The highest BCUT2D eigenvalue weighted by Gasteiger charge is 2.27. The molecule has 1 N–H and O–H groups in total. The van der Waals surface area contributed by atoms with Crippen LogP contribution in [0.15, 0.2) is 11.4 Å². The zero-order valence-corrected chi connectivity index (χ0v) is 12.1. The number of anilines is 1. The summed E-state index contributed by atoms with van der Waals surface area (Å²) < 4.78 is 0. The summed E-state index contributed by atoms with van der Waals surface area (Å²) in [6.45, 7) is 1.02. The van der Waals surface area contributed by atoms with Gasteiger partial charge < -0.3 is 10.0 Å². The molecule has 0 aliphatic heterocycles. The van der Waals surface area contributed by atoms with Gasteiger partial charge >= 0.3 is 0 Å². The minimum absolute atomic E-state index is 0.203. The van der Waals surface area contributed by atoms with Crippen molar-refractivity contribution in [1.29, 1.82) is 0 Å². The Kier molecular flexibility index (Phi) is 3.86. The van der Waals surface area contributed by atoms with E-state index in [1.807, 2.05) is 5.38 Å². The molecule has 4 nitrogen and oxygen atoms in total. The lowest BCUT2D eigenvalue weighted by Gasteiger charge is -2.38. The van der Waals surface area contributed by atoms with Crippen LogP contribution in [0.5, 0.6) is 0 Å². The first-order valence-corrected chi connectivity index (χ1v) is 7.83. The summed E-state index contributed by atoms with van der Waals surface area (Å²) in [5.41, 5.74) is 0. The molecule has 0 amide bonds. The lowest BCUT2D eigenvalue weighted by molar-refractivity contribution is 0.282. The van der Waals surface area contributed by atoms with E-state index in [1.165, 1.54) is 19.3 Å². The van der Waals surface area contributed by atoms with E-state index in [-0.39, 0.29) is 6.61 Å². The van der Waals surface area contributed by atoms with Gasteiger partial charge in [0.25, 0.3) is 0 Å². The van der Waals surface area contributed by atoms with Crippen LogP contribution in [0.3, 0.4) is 0 Å². The topological polar surface area (TPSA) is 49.2 Å². The molecule has 2 aromatic heterocycles. The molecule has 6 heteroatoms. The maximum absolute atomic E-state index is 9.08. The molecule has 0 radical (unpaired) electrons. The molecule has 3 rings (SSSR count). The predicted octanol–water partition coefficient (Wildman–Crippen LogP) is 3.09. The number of halogens is 1. The lowest BCUT2D eigenvalue weighted by Crippen LogP contribution is -2.41. The van der Waals surface area contributed by atoms with Crippen molar-refractivity contribution in [3.63, 3.8) is 0 Å². The lowest BCUT2D eigenvalue weighted by atomic mass is 9.91. The molecule has 19 heavy (non-hydrogen) atoms. The van der Waals surface area contributed by atoms with Crippen molar-refractivity contribution in [2.24, 2.45) is 0 Å². The number of thiophene rings is 1. The normalized spacial score (nSPS) is 15.7. The second-order valence-corrected chi connectivity index (χ2v) is 6.04. The van der Waals surface area contributed by atoms with Crippen molar-refractivity contribution < 1.29 is 5.11 Å². The van der Waals surface area contributed by atoms with Crippen molar-refractivity contribution in [3.8, 4) is 0 Å². The Bertz CT molecular complexity index is 570. The summed E-state index contributed by atoms with van der Waals surface area (Å²) in [7, 11) is 0. The summed E-state index contributed by atoms with van der Waals surface area (Å²) >= 11 is 7.62. The fraction of sp³-hybridized carbons (Fsp3) is 0.538. The molecule has 2 aromatic rings. The van der Waals surface area contributed by atoms with Crippen molar-refractivity contribution in [3.05, 3.63) is 16.7 Å². The van der Waals surface area contributed by atoms with E-state index in [0.29, 0.717) is 11.3 Å². The zero-order valence-electron chi connectivity index (χ0n) is 10.5. The van der Waals surface area contributed by atoms with E-state index in [2.05, 4.69) is 20.9 Å². The molecule has 0 unspecified atom stereocenters. The predicted molar refractivity (Wildman–Crippen MR) is 79.1 cm³/mol. The van der Waals surface area contributed by atoms with Gasteiger partial charge in [0.2, 0.25) is 5.28 Å². The molecule has 1 saturated carbocycles. The van der Waals surface area contributed by atoms with Crippen LogP contribution >= 0.6 is 22.9 Å². The third kappa shape index (κ3) is 2.55. The molecule has 1 aliphatic rings. The maximum Gasteiger partial charge on any atom is 0.225 e. The van der Waals surface area contributed by atoms with Gasteiger partial charge in [-0.3, -0.25) is 0 Å². The van der Waals surface area contributed by atoms with E-state index < -0.39 is 0 Å². The Morgan fingerprint density at radius 2 is 2.26 bits per heavy atom. The van der Waals surface area contributed by atoms with Crippen LogP contribution in [-0.4, -0.2) is 34.3 Å². The molecule has 0 spiro atoms. The van der Waals surface area contributed by atoms with Crippen molar-refractivity contribution in [1.82, 2.24) is 9.97 Å². The second-order valence-electron chi connectivity index (χ2n) is 4.81. The Morgan fingerprint density at radius 3 is 2.95 bits per heavy atom. The number of rotatable bonds is 5. The van der Waals surface area contributed by atoms with Crippen LogP contribution in [-0.2, 0) is 0 Å². The van der Waals surface area contributed by atoms with E-state index in [9.17, 15) is 0 Å². The Morgan fingerprint density at radius 1 is 1.42 bits per heavy atom. The Balaban J connectivity index is 2.00. The molecule has 0 saturated heterocycles. The third-order valence-corrected chi connectivity index (χ3v) is 4.60. The first-order chi connectivity index (χ1) is 9.29. The summed E-state index contributed by atoms with van der Waals surface area (Å²) in [5.74, 6) is 0.925. The first kappa shape index (κ1) is 13.1. The van der Waals surface area contributed by atoms with Gasteiger partial charge in [0.05, 0.1) is 5.39 Å². The zero-order chi connectivity index (χ0) is 13.2. The first-order valence-electron chi connectivity index (χ1n) is 6.58. The highest BCUT2D eigenvalue weighted by Crippen LogP contribution is 2.34. The number of nitrogens with zero attached hydrogens (tertiary/aromatic N) is 3. The van der Waals surface area contributed by atoms with Gasteiger partial charge in [0, 0.05) is 19.2 Å². The highest BCUT2D eigenvalue weighted by atomic mass is 35.5. The fourth-order valence-electron chi connectivity index (χ4n) is 2.43. The summed E-state index contributed by atoms with van der Waals surface area (Å²) in [6.07, 6.45) is 4.41. The smallest absolute Gasteiger partial charge is 0.225 e. The van der Waals surface area contributed by atoms with Gasteiger partial charge in [-0.05, 0) is 48.7 Å². The molecule has 0 atom stereocenters. The number of aliphatic hydroxyl groups is 1. The van der Waals surface area contributed by atoms with Crippen LogP contribution in [0, 0.1) is 0 Å². The molecule has 1 fully saturated rings. The SMILES string of the molecule is OCCCN(c1nc(Cl)nc2sccc12)C1CCC1. The Labute approximate surface area is 121 Å². The molecule has 0 aromatic carbocycles. The Hall–Kier alpha value is -0.910. The quantitative estimate of drug-likeness (QED) is 0.862. The van der Waals surface area contributed by atoms with Gasteiger partial charge in [-0.1, -0.05) is 0 Å². The van der Waals surface area contributed by atoms with E-state index in [4.69, 9.17) is 16.7 Å². The van der Waals surface area contributed by atoms with Crippen LogP contribution in [0.4, 0.5) is 5.82 Å². The molecule has 1 aliphatic carbocycles. The van der Waals surface area contributed by atoms with Gasteiger partial charge in [0.15, 0.2) is 0 Å². The molecular formula is C13H16ClN3OS. The molecule has 2 heterocycles. The van der Waals surface area contributed by atoms with E-state index >= 15 is 0 Å². The number of aliphatic hydroxyl groups excluding tert-OH is 1. The maximum atomic E-state index is 9.08. The minimum atomic E-state index is 0.203. The molecule has 102 valence electrons. The number of aromatic nitrogens is 2. The van der Waals surface area contributed by atoms with Crippen molar-refractivity contribution >= 4 is 39.0 Å². The van der Waals surface area contributed by atoms with Crippen LogP contribution in [0.2, 0.25) is 5.28 Å². The van der Waals surface area contributed by atoms with Gasteiger partial charge in [-0.15, -0.1) is 11.3 Å². The fourth-order valence-corrected chi connectivity index (χ4v) is 3.41. The summed E-state index contributed by atoms with van der Waals surface area (Å²) in [5, 5.41) is 12.5. The van der Waals surface area contributed by atoms with E-state index in [1.54, 1.807) is 11.3 Å². The second kappa shape index (κ2) is 5.61.